The van der Waals surface area contributed by atoms with Crippen molar-refractivity contribution in [2.24, 2.45) is 5.92 Å². The fraction of sp³-hybridized carbons (Fsp3) is 0.900. The van der Waals surface area contributed by atoms with E-state index in [1.807, 2.05) is 0 Å². The van der Waals surface area contributed by atoms with Gasteiger partial charge in [-0.3, -0.25) is 0 Å². The zero-order valence-electron chi connectivity index (χ0n) is 8.03. The van der Waals surface area contributed by atoms with E-state index in [4.69, 9.17) is 5.41 Å². The van der Waals surface area contributed by atoms with Gasteiger partial charge in [-0.15, -0.1) is 0 Å². The van der Waals surface area contributed by atoms with E-state index in [2.05, 4.69) is 12.2 Å². The monoisotopic (exact) mass is 168 g/mol. The smallest absolute Gasteiger partial charge is 0.00918 e. The molecule has 1 heterocycles. The fourth-order valence-electron chi connectivity index (χ4n) is 1.84. The molecule has 1 aliphatic rings. The van der Waals surface area contributed by atoms with E-state index in [9.17, 15) is 0 Å². The number of nitrogens with one attached hydrogen (secondary N) is 2. The summed E-state index contributed by atoms with van der Waals surface area (Å²) in [6.45, 7) is 4.46. The van der Waals surface area contributed by atoms with Crippen molar-refractivity contribution >= 4 is 5.71 Å². The molecule has 0 radical (unpaired) electrons. The molecule has 0 aliphatic carbocycles. The molecule has 70 valence electrons. The predicted octanol–water partition coefficient (Wildman–Crippen LogP) is 2.20. The Bertz CT molecular complexity index is 137. The Morgan fingerprint density at radius 2 is 2.08 bits per heavy atom. The van der Waals surface area contributed by atoms with Crippen LogP contribution < -0.4 is 5.32 Å². The molecule has 0 unspecified atom stereocenters. The van der Waals surface area contributed by atoms with E-state index < -0.39 is 0 Å². The normalized spacial score (nSPS) is 19.4. The van der Waals surface area contributed by atoms with Crippen molar-refractivity contribution in [1.82, 2.24) is 5.32 Å². The number of rotatable bonds is 4. The first-order valence-corrected chi connectivity index (χ1v) is 5.10. The van der Waals surface area contributed by atoms with Crippen molar-refractivity contribution in [3.63, 3.8) is 0 Å². The SMILES string of the molecule is CCCC(=N)CC1CCNCC1. The summed E-state index contributed by atoms with van der Waals surface area (Å²) in [4.78, 5) is 0. The standard InChI is InChI=1S/C10H20N2/c1-2-3-10(11)8-9-4-6-12-7-5-9/h9,11-12H,2-8H2,1H3. The summed E-state index contributed by atoms with van der Waals surface area (Å²) in [7, 11) is 0. The van der Waals surface area contributed by atoms with Crippen molar-refractivity contribution < 1.29 is 0 Å². The highest BCUT2D eigenvalue weighted by atomic mass is 14.9. The van der Waals surface area contributed by atoms with Crippen LogP contribution >= 0.6 is 0 Å². The Morgan fingerprint density at radius 1 is 1.42 bits per heavy atom. The predicted molar refractivity (Wildman–Crippen MR) is 52.8 cm³/mol. The van der Waals surface area contributed by atoms with Crippen molar-refractivity contribution in [2.45, 2.75) is 39.0 Å². The van der Waals surface area contributed by atoms with Gasteiger partial charge in [0.15, 0.2) is 0 Å². The summed E-state index contributed by atoms with van der Waals surface area (Å²) in [5.41, 5.74) is 0.962. The molecule has 0 aromatic rings. The van der Waals surface area contributed by atoms with Crippen LogP contribution in [0.4, 0.5) is 0 Å². The van der Waals surface area contributed by atoms with Gasteiger partial charge in [-0.2, -0.15) is 0 Å². The Balaban J connectivity index is 2.15. The van der Waals surface area contributed by atoms with Crippen LogP contribution in [0.25, 0.3) is 0 Å². The first-order valence-electron chi connectivity index (χ1n) is 5.10. The molecule has 0 atom stereocenters. The van der Waals surface area contributed by atoms with Crippen LogP contribution in [0.15, 0.2) is 0 Å². The Kier molecular flexibility index (Phi) is 4.30. The van der Waals surface area contributed by atoms with Gasteiger partial charge in [-0.1, -0.05) is 13.3 Å². The number of hydrogen-bond donors (Lipinski definition) is 2. The Morgan fingerprint density at radius 3 is 2.67 bits per heavy atom. The highest BCUT2D eigenvalue weighted by molar-refractivity contribution is 5.81. The van der Waals surface area contributed by atoms with Crippen LogP contribution in [-0.4, -0.2) is 18.8 Å². The van der Waals surface area contributed by atoms with Gasteiger partial charge in [0.2, 0.25) is 0 Å². The van der Waals surface area contributed by atoms with E-state index in [1.54, 1.807) is 0 Å². The lowest BCUT2D eigenvalue weighted by atomic mass is 9.91. The van der Waals surface area contributed by atoms with E-state index >= 15 is 0 Å². The minimum absolute atomic E-state index is 0.797. The first-order chi connectivity index (χ1) is 5.83. The molecule has 1 aliphatic heterocycles. The highest BCUT2D eigenvalue weighted by Gasteiger charge is 2.13. The fourth-order valence-corrected chi connectivity index (χ4v) is 1.84. The maximum Gasteiger partial charge on any atom is 0.00918 e. The van der Waals surface area contributed by atoms with Gasteiger partial charge in [0.1, 0.15) is 0 Å². The second kappa shape index (κ2) is 5.31. The maximum atomic E-state index is 7.70. The molecule has 0 aromatic carbocycles. The molecule has 0 amide bonds. The second-order valence-electron chi connectivity index (χ2n) is 3.75. The molecule has 1 saturated heterocycles. The molecule has 0 spiro atoms. The molecule has 1 fully saturated rings. The maximum absolute atomic E-state index is 7.70. The van der Waals surface area contributed by atoms with Gasteiger partial charge in [-0.25, -0.2) is 0 Å². The molecule has 2 N–H and O–H groups in total. The molecule has 0 bridgehead atoms. The minimum Gasteiger partial charge on any atom is -0.317 e. The Hall–Kier alpha value is -0.370. The van der Waals surface area contributed by atoms with Crippen LogP contribution in [0.5, 0.6) is 0 Å². The molecular formula is C10H20N2. The first kappa shape index (κ1) is 9.72. The molecule has 2 nitrogen and oxygen atoms in total. The van der Waals surface area contributed by atoms with Gasteiger partial charge in [0.05, 0.1) is 0 Å². The van der Waals surface area contributed by atoms with Crippen LogP contribution in [0.1, 0.15) is 39.0 Å². The third kappa shape index (κ3) is 3.35. The lowest BCUT2D eigenvalue weighted by Crippen LogP contribution is -2.28. The van der Waals surface area contributed by atoms with Crippen LogP contribution in [0.2, 0.25) is 0 Å². The minimum atomic E-state index is 0.797. The number of piperidine rings is 1. The third-order valence-corrected chi connectivity index (χ3v) is 2.55. The summed E-state index contributed by atoms with van der Waals surface area (Å²) in [6.07, 6.45) is 5.72. The average molecular weight is 168 g/mol. The summed E-state index contributed by atoms with van der Waals surface area (Å²) in [6, 6.07) is 0. The highest BCUT2D eigenvalue weighted by Crippen LogP contribution is 2.17. The van der Waals surface area contributed by atoms with Crippen LogP contribution in [-0.2, 0) is 0 Å². The lowest BCUT2D eigenvalue weighted by molar-refractivity contribution is 0.383. The molecule has 12 heavy (non-hydrogen) atoms. The molecule has 2 heteroatoms. The van der Waals surface area contributed by atoms with E-state index in [-0.39, 0.29) is 0 Å². The van der Waals surface area contributed by atoms with Gasteiger partial charge in [0, 0.05) is 5.71 Å². The van der Waals surface area contributed by atoms with Gasteiger partial charge in [0.25, 0.3) is 0 Å². The van der Waals surface area contributed by atoms with Crippen molar-refractivity contribution in [3.8, 4) is 0 Å². The zero-order chi connectivity index (χ0) is 8.81. The van der Waals surface area contributed by atoms with Gasteiger partial charge < -0.3 is 10.7 Å². The zero-order valence-corrected chi connectivity index (χ0v) is 8.03. The van der Waals surface area contributed by atoms with Crippen molar-refractivity contribution in [2.75, 3.05) is 13.1 Å². The van der Waals surface area contributed by atoms with Gasteiger partial charge >= 0.3 is 0 Å². The summed E-state index contributed by atoms with van der Waals surface area (Å²) in [5.74, 6) is 0.797. The molecular weight excluding hydrogens is 148 g/mol. The van der Waals surface area contributed by atoms with Crippen LogP contribution in [0, 0.1) is 11.3 Å². The molecule has 0 aromatic heterocycles. The summed E-state index contributed by atoms with van der Waals surface area (Å²) < 4.78 is 0. The molecule has 0 saturated carbocycles. The summed E-state index contributed by atoms with van der Waals surface area (Å²) in [5, 5.41) is 11.1. The average Bonchev–Trinajstić information content (AvgIpc) is 2.06. The van der Waals surface area contributed by atoms with Crippen LogP contribution in [0.3, 0.4) is 0 Å². The van der Waals surface area contributed by atoms with Crippen molar-refractivity contribution in [3.05, 3.63) is 0 Å². The lowest BCUT2D eigenvalue weighted by Gasteiger charge is -2.22. The largest absolute Gasteiger partial charge is 0.317 e. The summed E-state index contributed by atoms with van der Waals surface area (Å²) >= 11 is 0. The van der Waals surface area contributed by atoms with E-state index in [0.717, 1.165) is 44.0 Å². The van der Waals surface area contributed by atoms with Crippen molar-refractivity contribution in [1.29, 1.82) is 5.41 Å². The van der Waals surface area contributed by atoms with E-state index in [0.29, 0.717) is 0 Å². The molecule has 1 rings (SSSR count). The second-order valence-corrected chi connectivity index (χ2v) is 3.75. The quantitative estimate of drug-likeness (QED) is 0.620. The van der Waals surface area contributed by atoms with Gasteiger partial charge in [-0.05, 0) is 44.7 Å². The third-order valence-electron chi connectivity index (χ3n) is 2.55. The topological polar surface area (TPSA) is 35.9 Å². The Labute approximate surface area is 75.3 Å². The number of hydrogen-bond acceptors (Lipinski definition) is 2. The van der Waals surface area contributed by atoms with E-state index in [1.165, 1.54) is 12.8 Å².